The highest BCUT2D eigenvalue weighted by Crippen LogP contribution is 2.34. The molecular weight excluding hydrogens is 268 g/mol. The molecule has 0 atom stereocenters. The average molecular weight is 290 g/mol. The molecule has 5 heteroatoms. The predicted molar refractivity (Wildman–Crippen MR) is 87.5 cm³/mol. The second-order valence-electron chi connectivity index (χ2n) is 5.89. The molecule has 2 heterocycles. The van der Waals surface area contributed by atoms with E-state index in [1.54, 1.807) is 11.3 Å². The number of nitrogen functional groups attached to an aromatic ring is 1. The van der Waals surface area contributed by atoms with E-state index in [9.17, 15) is 0 Å². The van der Waals surface area contributed by atoms with E-state index in [1.165, 1.54) is 24.1 Å². The number of nitrogens with zero attached hydrogens (tertiary/aromatic N) is 3. The van der Waals surface area contributed by atoms with Crippen LogP contribution in [0.1, 0.15) is 12.8 Å². The van der Waals surface area contributed by atoms with Crippen LogP contribution in [0.3, 0.4) is 0 Å². The lowest BCUT2D eigenvalue weighted by Crippen LogP contribution is -2.37. The van der Waals surface area contributed by atoms with Gasteiger partial charge in [-0.3, -0.25) is 0 Å². The minimum absolute atomic E-state index is 0.811. The maximum Gasteiger partial charge on any atom is 0.106 e. The van der Waals surface area contributed by atoms with Crippen molar-refractivity contribution in [1.29, 1.82) is 0 Å². The van der Waals surface area contributed by atoms with Gasteiger partial charge in [-0.05, 0) is 45.0 Å². The fourth-order valence-electron chi connectivity index (χ4n) is 3.09. The number of piperidine rings is 1. The van der Waals surface area contributed by atoms with Gasteiger partial charge in [-0.25, -0.2) is 4.98 Å². The first-order valence-corrected chi connectivity index (χ1v) is 8.04. The van der Waals surface area contributed by atoms with Crippen molar-refractivity contribution in [1.82, 2.24) is 9.88 Å². The van der Waals surface area contributed by atoms with E-state index in [4.69, 9.17) is 5.73 Å². The molecular formula is C15H22N4S. The maximum absolute atomic E-state index is 6.30. The van der Waals surface area contributed by atoms with Gasteiger partial charge in [0, 0.05) is 19.6 Å². The summed E-state index contributed by atoms with van der Waals surface area (Å²) in [5.74, 6) is 0.811. The maximum atomic E-state index is 6.30. The summed E-state index contributed by atoms with van der Waals surface area (Å²) >= 11 is 1.65. The number of hydrogen-bond donors (Lipinski definition) is 1. The first kappa shape index (κ1) is 13.6. The van der Waals surface area contributed by atoms with Crippen molar-refractivity contribution in [2.45, 2.75) is 12.8 Å². The highest BCUT2D eigenvalue weighted by molar-refractivity contribution is 7.16. The molecule has 0 bridgehead atoms. The number of fused-ring (bicyclic) bond motifs is 1. The quantitative estimate of drug-likeness (QED) is 0.883. The first-order valence-electron chi connectivity index (χ1n) is 7.16. The van der Waals surface area contributed by atoms with Crippen molar-refractivity contribution in [2.75, 3.05) is 44.4 Å². The normalized spacial score (nSPS) is 17.2. The van der Waals surface area contributed by atoms with Gasteiger partial charge in [0.05, 0.1) is 21.6 Å². The molecule has 108 valence electrons. The average Bonchev–Trinajstić information content (AvgIpc) is 2.89. The predicted octanol–water partition coefficient (Wildman–Crippen LogP) is 2.66. The fraction of sp³-hybridized carbons (Fsp3) is 0.533. The number of aromatic nitrogens is 1. The zero-order chi connectivity index (χ0) is 14.1. The zero-order valence-electron chi connectivity index (χ0n) is 12.2. The van der Waals surface area contributed by atoms with Crippen LogP contribution >= 0.6 is 11.3 Å². The molecule has 0 saturated carbocycles. The minimum Gasteiger partial charge on any atom is -0.395 e. The van der Waals surface area contributed by atoms with Crippen LogP contribution in [0.4, 0.5) is 11.4 Å². The molecule has 1 aromatic heterocycles. The molecule has 0 aliphatic carbocycles. The summed E-state index contributed by atoms with van der Waals surface area (Å²) < 4.78 is 1.17. The van der Waals surface area contributed by atoms with Gasteiger partial charge in [-0.2, -0.15) is 0 Å². The number of anilines is 2. The monoisotopic (exact) mass is 290 g/mol. The van der Waals surface area contributed by atoms with Crippen molar-refractivity contribution >= 4 is 32.9 Å². The van der Waals surface area contributed by atoms with Crippen LogP contribution in [0.25, 0.3) is 10.2 Å². The molecule has 3 rings (SSSR count). The van der Waals surface area contributed by atoms with Crippen LogP contribution in [0.15, 0.2) is 17.6 Å². The molecule has 2 aromatic rings. The minimum atomic E-state index is 0.811. The second kappa shape index (κ2) is 5.58. The summed E-state index contributed by atoms with van der Waals surface area (Å²) in [7, 11) is 4.31. The molecule has 0 amide bonds. The molecule has 0 unspecified atom stereocenters. The van der Waals surface area contributed by atoms with E-state index in [-0.39, 0.29) is 0 Å². The summed E-state index contributed by atoms with van der Waals surface area (Å²) in [5, 5.41) is 0. The molecule has 1 aliphatic heterocycles. The van der Waals surface area contributed by atoms with Gasteiger partial charge in [-0.1, -0.05) is 0 Å². The smallest absolute Gasteiger partial charge is 0.106 e. The number of hydrogen-bond acceptors (Lipinski definition) is 5. The van der Waals surface area contributed by atoms with Gasteiger partial charge in [0.15, 0.2) is 0 Å². The van der Waals surface area contributed by atoms with Gasteiger partial charge in [0.1, 0.15) is 5.52 Å². The van der Waals surface area contributed by atoms with Crippen LogP contribution in [0, 0.1) is 5.92 Å². The Kier molecular flexibility index (Phi) is 3.81. The Balaban J connectivity index is 1.75. The molecule has 1 aliphatic rings. The molecule has 2 N–H and O–H groups in total. The number of rotatable bonds is 3. The molecule has 4 nitrogen and oxygen atoms in total. The molecule has 20 heavy (non-hydrogen) atoms. The van der Waals surface area contributed by atoms with Crippen LogP contribution in [-0.2, 0) is 0 Å². The standard InChI is InChI=1S/C15H22N4S/c1-18(2)9-11-5-7-19(8-6-11)12-3-4-13-15(14(12)16)17-10-20-13/h3-4,10-11H,5-9,16H2,1-2H3. The molecule has 1 aromatic carbocycles. The molecule has 0 spiro atoms. The van der Waals surface area contributed by atoms with Crippen molar-refractivity contribution in [3.8, 4) is 0 Å². The fourth-order valence-corrected chi connectivity index (χ4v) is 3.78. The molecule has 0 radical (unpaired) electrons. The van der Waals surface area contributed by atoms with E-state index < -0.39 is 0 Å². The van der Waals surface area contributed by atoms with Gasteiger partial charge in [0.2, 0.25) is 0 Å². The van der Waals surface area contributed by atoms with Crippen LogP contribution in [0.2, 0.25) is 0 Å². The number of thiazole rings is 1. The van der Waals surface area contributed by atoms with E-state index in [0.29, 0.717) is 0 Å². The molecule has 1 fully saturated rings. The van der Waals surface area contributed by atoms with E-state index in [1.807, 2.05) is 5.51 Å². The summed E-state index contributed by atoms with van der Waals surface area (Å²) in [6.45, 7) is 3.38. The largest absolute Gasteiger partial charge is 0.395 e. The van der Waals surface area contributed by atoms with Gasteiger partial charge in [0.25, 0.3) is 0 Å². The Morgan fingerprint density at radius 3 is 2.80 bits per heavy atom. The SMILES string of the molecule is CN(C)CC1CCN(c2ccc3scnc3c2N)CC1. The van der Waals surface area contributed by atoms with Crippen LogP contribution in [0.5, 0.6) is 0 Å². The molecule has 1 saturated heterocycles. The van der Waals surface area contributed by atoms with E-state index in [0.717, 1.165) is 35.9 Å². The number of benzene rings is 1. The van der Waals surface area contributed by atoms with E-state index in [2.05, 4.69) is 41.0 Å². The Labute approximate surface area is 124 Å². The highest BCUT2D eigenvalue weighted by Gasteiger charge is 2.22. The number of nitrogens with two attached hydrogens (primary N) is 1. The van der Waals surface area contributed by atoms with Gasteiger partial charge >= 0.3 is 0 Å². The first-order chi connectivity index (χ1) is 9.65. The van der Waals surface area contributed by atoms with Crippen LogP contribution in [-0.4, -0.2) is 43.6 Å². The van der Waals surface area contributed by atoms with Crippen molar-refractivity contribution in [3.63, 3.8) is 0 Å². The summed E-state index contributed by atoms with van der Waals surface area (Å²) in [4.78, 5) is 9.09. The van der Waals surface area contributed by atoms with Crippen molar-refractivity contribution in [2.24, 2.45) is 5.92 Å². The second-order valence-corrected chi connectivity index (χ2v) is 6.78. The van der Waals surface area contributed by atoms with Crippen molar-refractivity contribution in [3.05, 3.63) is 17.6 Å². The Morgan fingerprint density at radius 2 is 2.10 bits per heavy atom. The third kappa shape index (κ3) is 2.60. The third-order valence-corrected chi connectivity index (χ3v) is 4.89. The van der Waals surface area contributed by atoms with Gasteiger partial charge < -0.3 is 15.5 Å². The summed E-state index contributed by atoms with van der Waals surface area (Å²) in [6.07, 6.45) is 2.49. The summed E-state index contributed by atoms with van der Waals surface area (Å²) in [6, 6.07) is 4.30. The van der Waals surface area contributed by atoms with Crippen molar-refractivity contribution < 1.29 is 0 Å². The van der Waals surface area contributed by atoms with Crippen LogP contribution < -0.4 is 10.6 Å². The highest BCUT2D eigenvalue weighted by atomic mass is 32.1. The lowest BCUT2D eigenvalue weighted by atomic mass is 9.96. The third-order valence-electron chi connectivity index (χ3n) is 4.10. The Bertz CT molecular complexity index is 585. The lowest BCUT2D eigenvalue weighted by Gasteiger charge is -2.35. The topological polar surface area (TPSA) is 45.4 Å². The van der Waals surface area contributed by atoms with Gasteiger partial charge in [-0.15, -0.1) is 11.3 Å². The van der Waals surface area contributed by atoms with E-state index >= 15 is 0 Å². The summed E-state index contributed by atoms with van der Waals surface area (Å²) in [5.41, 5.74) is 11.1. The Morgan fingerprint density at radius 1 is 1.35 bits per heavy atom. The Hall–Kier alpha value is -1.33. The zero-order valence-corrected chi connectivity index (χ0v) is 13.0. The lowest BCUT2D eigenvalue weighted by molar-refractivity contribution is 0.285.